The molecular weight excluding hydrogens is 448 g/mol. The standard InChI is InChI=1S/C21H24N6O5S/c1-11-17(20(30)31)33-21(23-11)26-16(28)10-15(7-4-8-22)25-19(29)14-6-3-5-13(9-14)18-24-12(2)32-27-18/h3,5-6,9,15H,4,7-8,10,22H2,1-2H3,(H,25,29)(H,30,31)(H,23,26,28)/t15-/m0/s1. The first-order valence-electron chi connectivity index (χ1n) is 10.2. The smallest absolute Gasteiger partial charge is 0.347 e. The minimum Gasteiger partial charge on any atom is -0.477 e. The molecule has 0 fully saturated rings. The van der Waals surface area contributed by atoms with Crippen molar-refractivity contribution in [1.82, 2.24) is 20.4 Å². The Labute approximate surface area is 193 Å². The van der Waals surface area contributed by atoms with E-state index in [1.54, 1.807) is 38.1 Å². The van der Waals surface area contributed by atoms with E-state index in [0.29, 0.717) is 47.9 Å². The van der Waals surface area contributed by atoms with Crippen LogP contribution in [0.2, 0.25) is 0 Å². The predicted octanol–water partition coefficient (Wildman–Crippen LogP) is 2.37. The minimum absolute atomic E-state index is 0.0174. The molecule has 0 aliphatic rings. The molecule has 1 atom stereocenters. The third-order valence-electron chi connectivity index (χ3n) is 4.67. The topological polar surface area (TPSA) is 173 Å². The number of thiazole rings is 1. The fourth-order valence-electron chi connectivity index (χ4n) is 3.12. The van der Waals surface area contributed by atoms with Crippen molar-refractivity contribution in [2.24, 2.45) is 5.73 Å². The molecule has 0 unspecified atom stereocenters. The number of aromatic carboxylic acids is 1. The molecule has 0 radical (unpaired) electrons. The Balaban J connectivity index is 1.67. The van der Waals surface area contributed by atoms with E-state index >= 15 is 0 Å². The maximum atomic E-state index is 12.9. The molecule has 33 heavy (non-hydrogen) atoms. The van der Waals surface area contributed by atoms with E-state index in [2.05, 4.69) is 25.8 Å². The second kappa shape index (κ2) is 10.8. The number of carbonyl (C=O) groups is 3. The minimum atomic E-state index is -1.10. The van der Waals surface area contributed by atoms with Crippen LogP contribution in [0.5, 0.6) is 0 Å². The van der Waals surface area contributed by atoms with Crippen molar-refractivity contribution in [3.05, 3.63) is 46.3 Å². The predicted molar refractivity (Wildman–Crippen MR) is 121 cm³/mol. The number of nitrogens with one attached hydrogen (secondary N) is 2. The summed E-state index contributed by atoms with van der Waals surface area (Å²) in [4.78, 5) is 44.9. The van der Waals surface area contributed by atoms with Gasteiger partial charge in [-0.05, 0) is 38.4 Å². The quantitative estimate of drug-likeness (QED) is 0.345. The summed E-state index contributed by atoms with van der Waals surface area (Å²) in [5.41, 5.74) is 6.95. The molecule has 5 N–H and O–H groups in total. The number of aromatic nitrogens is 3. The highest BCUT2D eigenvalue weighted by Gasteiger charge is 2.20. The van der Waals surface area contributed by atoms with Crippen molar-refractivity contribution in [2.45, 2.75) is 39.2 Å². The highest BCUT2D eigenvalue weighted by Crippen LogP contribution is 2.23. The summed E-state index contributed by atoms with van der Waals surface area (Å²) in [6.45, 7) is 3.65. The second-order valence-electron chi connectivity index (χ2n) is 7.31. The Hall–Kier alpha value is -3.64. The van der Waals surface area contributed by atoms with Crippen LogP contribution in [0.3, 0.4) is 0 Å². The van der Waals surface area contributed by atoms with Crippen LogP contribution in [-0.2, 0) is 4.79 Å². The van der Waals surface area contributed by atoms with Gasteiger partial charge in [-0.15, -0.1) is 0 Å². The molecule has 2 aromatic heterocycles. The van der Waals surface area contributed by atoms with Gasteiger partial charge in [-0.3, -0.25) is 9.59 Å². The van der Waals surface area contributed by atoms with Crippen molar-refractivity contribution >= 4 is 34.3 Å². The van der Waals surface area contributed by atoms with Gasteiger partial charge in [-0.25, -0.2) is 9.78 Å². The Bertz CT molecular complexity index is 1160. The lowest BCUT2D eigenvalue weighted by molar-refractivity contribution is -0.116. The number of benzene rings is 1. The largest absolute Gasteiger partial charge is 0.477 e. The van der Waals surface area contributed by atoms with Crippen LogP contribution in [0, 0.1) is 13.8 Å². The lowest BCUT2D eigenvalue weighted by atomic mass is 10.1. The average Bonchev–Trinajstić information content (AvgIpc) is 3.37. The van der Waals surface area contributed by atoms with E-state index in [1.165, 1.54) is 0 Å². The molecule has 0 bridgehead atoms. The Morgan fingerprint density at radius 3 is 2.67 bits per heavy atom. The van der Waals surface area contributed by atoms with Crippen LogP contribution in [0.4, 0.5) is 5.13 Å². The number of nitrogens with zero attached hydrogens (tertiary/aromatic N) is 3. The highest BCUT2D eigenvalue weighted by atomic mass is 32.1. The molecule has 0 spiro atoms. The summed E-state index contributed by atoms with van der Waals surface area (Å²) in [6, 6.07) is 6.30. The van der Waals surface area contributed by atoms with Crippen LogP contribution >= 0.6 is 11.3 Å². The number of carboxylic acid groups (broad SMARTS) is 1. The Morgan fingerprint density at radius 2 is 2.03 bits per heavy atom. The second-order valence-corrected chi connectivity index (χ2v) is 8.31. The number of rotatable bonds is 10. The van der Waals surface area contributed by atoms with Gasteiger partial charge < -0.3 is 26.0 Å². The molecular formula is C21H24N6O5S. The summed E-state index contributed by atoms with van der Waals surface area (Å²) in [6.07, 6.45) is 1.09. The van der Waals surface area contributed by atoms with Crippen molar-refractivity contribution in [1.29, 1.82) is 0 Å². The van der Waals surface area contributed by atoms with Gasteiger partial charge in [0, 0.05) is 30.5 Å². The van der Waals surface area contributed by atoms with E-state index in [9.17, 15) is 14.4 Å². The van der Waals surface area contributed by atoms with Crippen LogP contribution in [-0.4, -0.2) is 50.6 Å². The summed E-state index contributed by atoms with van der Waals surface area (Å²) in [7, 11) is 0. The Kier molecular flexibility index (Phi) is 7.85. The van der Waals surface area contributed by atoms with Gasteiger partial charge in [-0.2, -0.15) is 4.98 Å². The summed E-state index contributed by atoms with van der Waals surface area (Å²) < 4.78 is 4.99. The number of hydrogen-bond acceptors (Lipinski definition) is 9. The molecule has 2 heterocycles. The van der Waals surface area contributed by atoms with Gasteiger partial charge in [0.1, 0.15) is 4.88 Å². The summed E-state index contributed by atoms with van der Waals surface area (Å²) in [5, 5.41) is 18.7. The van der Waals surface area contributed by atoms with Crippen molar-refractivity contribution in [3.63, 3.8) is 0 Å². The van der Waals surface area contributed by atoms with Gasteiger partial charge in [0.05, 0.1) is 5.69 Å². The zero-order valence-corrected chi connectivity index (χ0v) is 18.9. The van der Waals surface area contributed by atoms with E-state index in [0.717, 1.165) is 11.3 Å². The molecule has 1 aromatic carbocycles. The number of aryl methyl sites for hydroxylation is 2. The SMILES string of the molecule is Cc1nc(-c2cccc(C(=O)N[C@@H](CCCN)CC(=O)Nc3nc(C)c(C(=O)O)s3)c2)no1. The third kappa shape index (κ3) is 6.43. The van der Waals surface area contributed by atoms with Crippen molar-refractivity contribution in [2.75, 3.05) is 11.9 Å². The molecule has 3 rings (SSSR count). The zero-order chi connectivity index (χ0) is 24.0. The number of nitrogens with two attached hydrogens (primary N) is 1. The van der Waals surface area contributed by atoms with Crippen LogP contribution in [0.1, 0.15) is 50.9 Å². The molecule has 2 amide bonds. The summed E-state index contributed by atoms with van der Waals surface area (Å²) >= 11 is 0.883. The van der Waals surface area contributed by atoms with Crippen LogP contribution in [0.25, 0.3) is 11.4 Å². The molecule has 0 aliphatic carbocycles. The van der Waals surface area contributed by atoms with Gasteiger partial charge in [0.25, 0.3) is 5.91 Å². The monoisotopic (exact) mass is 472 g/mol. The first-order valence-corrected chi connectivity index (χ1v) is 11.0. The molecule has 3 aromatic rings. The van der Waals surface area contributed by atoms with Gasteiger partial charge in [0.15, 0.2) is 5.13 Å². The molecule has 174 valence electrons. The van der Waals surface area contributed by atoms with Crippen LogP contribution in [0.15, 0.2) is 28.8 Å². The first-order chi connectivity index (χ1) is 15.8. The lowest BCUT2D eigenvalue weighted by Gasteiger charge is -2.18. The third-order valence-corrected chi connectivity index (χ3v) is 5.73. The van der Waals surface area contributed by atoms with Gasteiger partial charge in [-0.1, -0.05) is 28.6 Å². The van der Waals surface area contributed by atoms with E-state index in [4.69, 9.17) is 15.4 Å². The number of carbonyl (C=O) groups excluding carboxylic acids is 2. The summed E-state index contributed by atoms with van der Waals surface area (Å²) in [5.74, 6) is -1.06. The number of carboxylic acids is 1. The van der Waals surface area contributed by atoms with Crippen molar-refractivity contribution < 1.29 is 24.0 Å². The normalized spacial score (nSPS) is 11.7. The van der Waals surface area contributed by atoms with Crippen molar-refractivity contribution in [3.8, 4) is 11.4 Å². The lowest BCUT2D eigenvalue weighted by Crippen LogP contribution is -2.38. The number of anilines is 1. The maximum absolute atomic E-state index is 12.9. The number of amides is 2. The van der Waals surface area contributed by atoms with Crippen LogP contribution < -0.4 is 16.4 Å². The fraction of sp³-hybridized carbons (Fsp3) is 0.333. The molecule has 0 saturated heterocycles. The molecule has 0 aliphatic heterocycles. The van der Waals surface area contributed by atoms with Gasteiger partial charge in [0.2, 0.25) is 17.6 Å². The zero-order valence-electron chi connectivity index (χ0n) is 18.1. The fourth-order valence-corrected chi connectivity index (χ4v) is 3.94. The Morgan fingerprint density at radius 1 is 1.24 bits per heavy atom. The molecule has 0 saturated carbocycles. The molecule has 11 nitrogen and oxygen atoms in total. The average molecular weight is 473 g/mol. The molecule has 12 heteroatoms. The first kappa shape index (κ1) is 24.0. The van der Waals surface area contributed by atoms with E-state index < -0.39 is 12.0 Å². The number of hydrogen-bond donors (Lipinski definition) is 4. The highest BCUT2D eigenvalue weighted by molar-refractivity contribution is 7.17. The maximum Gasteiger partial charge on any atom is 0.347 e. The van der Waals surface area contributed by atoms with Gasteiger partial charge >= 0.3 is 5.97 Å². The van der Waals surface area contributed by atoms with E-state index in [1.807, 2.05) is 0 Å². The van der Waals surface area contributed by atoms with E-state index in [-0.39, 0.29) is 28.2 Å².